The highest BCUT2D eigenvalue weighted by molar-refractivity contribution is 5.76. The molecule has 0 saturated carbocycles. The Morgan fingerprint density at radius 2 is 0.641 bits per heavy atom. The number of hydrogen-bond donors (Lipinski definition) is 3. The smallest absolute Gasteiger partial charge is 0.305 e. The fourth-order valence-electron chi connectivity index (χ4n) is 11.0. The molecular formula is C72H137NO5. The summed E-state index contributed by atoms with van der Waals surface area (Å²) in [6.07, 6.45) is 86.1. The highest BCUT2D eigenvalue weighted by Crippen LogP contribution is 2.18. The molecule has 2 atom stereocenters. The lowest BCUT2D eigenvalue weighted by Gasteiger charge is -2.22. The fourth-order valence-corrected chi connectivity index (χ4v) is 11.0. The van der Waals surface area contributed by atoms with Gasteiger partial charge in [0.15, 0.2) is 0 Å². The molecule has 460 valence electrons. The second-order valence-corrected chi connectivity index (χ2v) is 24.2. The van der Waals surface area contributed by atoms with Gasteiger partial charge in [-0.15, -0.1) is 0 Å². The van der Waals surface area contributed by atoms with Gasteiger partial charge in [0.25, 0.3) is 0 Å². The van der Waals surface area contributed by atoms with Crippen LogP contribution >= 0.6 is 0 Å². The molecule has 0 aliphatic heterocycles. The van der Waals surface area contributed by atoms with Crippen LogP contribution in [0.4, 0.5) is 0 Å². The molecule has 2 unspecified atom stereocenters. The molecule has 0 fully saturated rings. The van der Waals surface area contributed by atoms with Crippen LogP contribution in [0.5, 0.6) is 0 Å². The van der Waals surface area contributed by atoms with Crippen LogP contribution in [0, 0.1) is 0 Å². The maximum absolute atomic E-state index is 12.5. The van der Waals surface area contributed by atoms with Crippen molar-refractivity contribution in [3.05, 3.63) is 36.5 Å². The molecule has 0 aromatic heterocycles. The molecule has 0 aliphatic carbocycles. The number of ether oxygens (including phenoxy) is 1. The lowest BCUT2D eigenvalue weighted by Crippen LogP contribution is -2.45. The molecule has 6 nitrogen and oxygen atoms in total. The van der Waals surface area contributed by atoms with Gasteiger partial charge in [-0.3, -0.25) is 9.59 Å². The topological polar surface area (TPSA) is 95.9 Å². The summed E-state index contributed by atoms with van der Waals surface area (Å²) in [5.74, 6) is -0.0418. The second kappa shape index (κ2) is 67.6. The lowest BCUT2D eigenvalue weighted by atomic mass is 10.0. The van der Waals surface area contributed by atoms with E-state index < -0.39 is 12.1 Å². The number of rotatable bonds is 66. The van der Waals surface area contributed by atoms with E-state index in [9.17, 15) is 19.8 Å². The summed E-state index contributed by atoms with van der Waals surface area (Å²) in [6, 6.07) is -0.551. The Hall–Kier alpha value is -1.92. The van der Waals surface area contributed by atoms with Gasteiger partial charge in [-0.25, -0.2) is 0 Å². The summed E-state index contributed by atoms with van der Waals surface area (Å²) >= 11 is 0. The van der Waals surface area contributed by atoms with Crippen molar-refractivity contribution in [1.29, 1.82) is 0 Å². The van der Waals surface area contributed by atoms with Gasteiger partial charge in [0, 0.05) is 12.8 Å². The minimum absolute atomic E-state index is 0.000242. The van der Waals surface area contributed by atoms with Gasteiger partial charge in [-0.2, -0.15) is 0 Å². The maximum Gasteiger partial charge on any atom is 0.305 e. The molecule has 0 spiro atoms. The molecule has 0 aliphatic rings. The van der Waals surface area contributed by atoms with Crippen LogP contribution in [0.3, 0.4) is 0 Å². The first-order chi connectivity index (χ1) is 38.5. The molecule has 0 rings (SSSR count). The van der Waals surface area contributed by atoms with Crippen LogP contribution in [0.25, 0.3) is 0 Å². The Labute approximate surface area is 487 Å². The third kappa shape index (κ3) is 63.3. The van der Waals surface area contributed by atoms with E-state index in [-0.39, 0.29) is 18.5 Å². The van der Waals surface area contributed by atoms with Gasteiger partial charge in [-0.05, 0) is 83.5 Å². The van der Waals surface area contributed by atoms with Crippen molar-refractivity contribution in [2.45, 2.75) is 398 Å². The van der Waals surface area contributed by atoms with E-state index in [4.69, 9.17) is 4.74 Å². The number of amides is 1. The van der Waals surface area contributed by atoms with E-state index >= 15 is 0 Å². The van der Waals surface area contributed by atoms with Gasteiger partial charge in [0.05, 0.1) is 25.4 Å². The normalized spacial score (nSPS) is 12.7. The largest absolute Gasteiger partial charge is 0.466 e. The number of aliphatic hydroxyl groups excluding tert-OH is 2. The van der Waals surface area contributed by atoms with E-state index in [1.54, 1.807) is 0 Å². The monoisotopic (exact) mass is 1100 g/mol. The Morgan fingerprint density at radius 3 is 0.987 bits per heavy atom. The zero-order valence-corrected chi connectivity index (χ0v) is 52.7. The summed E-state index contributed by atoms with van der Waals surface area (Å²) in [6.45, 7) is 4.97. The number of unbranched alkanes of at least 4 members (excludes halogenated alkanes) is 49. The quantitative estimate of drug-likeness (QED) is 0.0320. The number of esters is 1. The van der Waals surface area contributed by atoms with Crippen LogP contribution in [-0.4, -0.2) is 47.4 Å². The van der Waals surface area contributed by atoms with Crippen molar-refractivity contribution in [3.63, 3.8) is 0 Å². The molecule has 0 saturated heterocycles. The Morgan fingerprint density at radius 1 is 0.359 bits per heavy atom. The van der Waals surface area contributed by atoms with Crippen LogP contribution in [-0.2, 0) is 14.3 Å². The first kappa shape index (κ1) is 76.1. The highest BCUT2D eigenvalue weighted by Gasteiger charge is 2.20. The van der Waals surface area contributed by atoms with Crippen molar-refractivity contribution in [2.24, 2.45) is 0 Å². The fraction of sp³-hybridized carbons (Fsp3) is 0.889. The van der Waals surface area contributed by atoms with Crippen molar-refractivity contribution in [1.82, 2.24) is 5.32 Å². The minimum atomic E-state index is -0.673. The summed E-state index contributed by atoms with van der Waals surface area (Å²) in [7, 11) is 0. The predicted octanol–water partition coefficient (Wildman–Crippen LogP) is 22.7. The van der Waals surface area contributed by atoms with Gasteiger partial charge in [0.2, 0.25) is 5.91 Å². The van der Waals surface area contributed by atoms with E-state index in [0.717, 1.165) is 57.8 Å². The van der Waals surface area contributed by atoms with E-state index in [2.05, 4.69) is 55.6 Å². The molecule has 0 aromatic carbocycles. The molecule has 0 radical (unpaired) electrons. The minimum Gasteiger partial charge on any atom is -0.466 e. The maximum atomic E-state index is 12.5. The molecule has 0 bridgehead atoms. The average molecular weight is 1100 g/mol. The van der Waals surface area contributed by atoms with Crippen molar-refractivity contribution < 1.29 is 24.5 Å². The molecule has 0 heterocycles. The van der Waals surface area contributed by atoms with Crippen molar-refractivity contribution >= 4 is 11.9 Å². The Kier molecular flexibility index (Phi) is 65.9. The first-order valence-corrected chi connectivity index (χ1v) is 35.2. The van der Waals surface area contributed by atoms with Gasteiger partial charge >= 0.3 is 5.97 Å². The van der Waals surface area contributed by atoms with Crippen molar-refractivity contribution in [3.8, 4) is 0 Å². The average Bonchev–Trinajstić information content (AvgIpc) is 3.44. The number of allylic oxidation sites excluding steroid dienone is 6. The summed E-state index contributed by atoms with van der Waals surface area (Å²) in [4.78, 5) is 24.6. The van der Waals surface area contributed by atoms with Gasteiger partial charge in [0.1, 0.15) is 0 Å². The van der Waals surface area contributed by atoms with Crippen LogP contribution in [0.15, 0.2) is 36.5 Å². The van der Waals surface area contributed by atoms with Crippen LogP contribution in [0.1, 0.15) is 386 Å². The summed E-state index contributed by atoms with van der Waals surface area (Å²) < 4.78 is 5.48. The number of carbonyl (C=O) groups is 2. The standard InChI is InChI=1S/C72H137NO5/c1-3-5-7-9-11-13-15-17-19-20-21-22-24-27-30-33-37-40-44-48-52-56-60-64-70(75)69(68-74)73-71(76)65-61-57-53-49-45-41-38-34-31-28-25-23-26-29-32-35-39-43-47-51-55-59-63-67-78-72(77)66-62-58-54-50-46-42-36-18-16-14-12-10-8-6-4-2/h18,23,26,28,31,36,69-70,74-75H,3-17,19-22,24-25,27,29-30,32-35,37-68H2,1-2H3,(H,73,76)/b26-23-,31-28-,36-18-. The number of hydrogen-bond acceptors (Lipinski definition) is 5. The van der Waals surface area contributed by atoms with Crippen LogP contribution in [0.2, 0.25) is 0 Å². The Balaban J connectivity index is 3.45. The molecule has 1 amide bonds. The molecule has 3 N–H and O–H groups in total. The second-order valence-electron chi connectivity index (χ2n) is 24.2. The highest BCUT2D eigenvalue weighted by atomic mass is 16.5. The molecule has 78 heavy (non-hydrogen) atoms. The zero-order chi connectivity index (χ0) is 56.4. The number of aliphatic hydroxyl groups is 2. The van der Waals surface area contributed by atoms with E-state index in [1.165, 1.54) is 295 Å². The molecular weight excluding hydrogens is 959 g/mol. The van der Waals surface area contributed by atoms with E-state index in [0.29, 0.717) is 25.9 Å². The number of nitrogens with one attached hydrogen (secondary N) is 1. The van der Waals surface area contributed by atoms with E-state index in [1.807, 2.05) is 0 Å². The molecule has 0 aromatic rings. The van der Waals surface area contributed by atoms with Crippen LogP contribution < -0.4 is 5.32 Å². The number of carbonyl (C=O) groups excluding carboxylic acids is 2. The third-order valence-corrected chi connectivity index (χ3v) is 16.4. The van der Waals surface area contributed by atoms with Gasteiger partial charge < -0.3 is 20.3 Å². The summed E-state index contributed by atoms with van der Waals surface area (Å²) in [5.41, 5.74) is 0. The molecule has 6 heteroatoms. The Bertz CT molecular complexity index is 1260. The third-order valence-electron chi connectivity index (χ3n) is 16.4. The predicted molar refractivity (Wildman–Crippen MR) is 343 cm³/mol. The zero-order valence-electron chi connectivity index (χ0n) is 52.7. The first-order valence-electron chi connectivity index (χ1n) is 35.2. The SMILES string of the molecule is CCCCCCCC/C=C\CCCCCCCC(=O)OCCCCCCCCCCC/C=C\C/C=C\CCCCCCCCCC(=O)NC(CO)C(O)CCCCCCCCCCCCCCCCCCCCCCCCC. The van der Waals surface area contributed by atoms with Crippen molar-refractivity contribution in [2.75, 3.05) is 13.2 Å². The summed E-state index contributed by atoms with van der Waals surface area (Å²) in [5, 5.41) is 23.4. The van der Waals surface area contributed by atoms with Gasteiger partial charge in [-0.1, -0.05) is 326 Å². The lowest BCUT2D eigenvalue weighted by molar-refractivity contribution is -0.143.